The average Bonchev–Trinajstić information content (AvgIpc) is 3.08. The van der Waals surface area contributed by atoms with Crippen LogP contribution in [0.15, 0.2) is 29.1 Å². The van der Waals surface area contributed by atoms with Crippen LogP contribution in [0.5, 0.6) is 0 Å². The van der Waals surface area contributed by atoms with Gasteiger partial charge in [0.2, 0.25) is 5.91 Å². The first-order chi connectivity index (χ1) is 11.6. The molecule has 1 aliphatic heterocycles. The van der Waals surface area contributed by atoms with Crippen LogP contribution in [0.1, 0.15) is 44.7 Å². The number of hydrogen-bond donors (Lipinski definition) is 2. The predicted molar refractivity (Wildman–Crippen MR) is 88.7 cm³/mol. The molecule has 2 N–H and O–H groups in total. The Morgan fingerprint density at radius 3 is 2.58 bits per heavy atom. The van der Waals surface area contributed by atoms with E-state index in [0.717, 1.165) is 23.9 Å². The Morgan fingerprint density at radius 2 is 1.92 bits per heavy atom. The SMILES string of the molecule is O=C(O)CCCCCn1c(=O)n(C2CCC(=O)N2)c2ccccc21. The molecule has 3 rings (SSSR count). The van der Waals surface area contributed by atoms with Gasteiger partial charge in [-0.25, -0.2) is 4.79 Å². The van der Waals surface area contributed by atoms with Gasteiger partial charge in [-0.15, -0.1) is 0 Å². The molecule has 1 aromatic carbocycles. The van der Waals surface area contributed by atoms with Gasteiger partial charge in [0.25, 0.3) is 0 Å². The number of rotatable bonds is 7. The number of fused-ring (bicyclic) bond motifs is 1. The number of benzene rings is 1. The van der Waals surface area contributed by atoms with Crippen LogP contribution in [0.25, 0.3) is 11.0 Å². The summed E-state index contributed by atoms with van der Waals surface area (Å²) >= 11 is 0. The summed E-state index contributed by atoms with van der Waals surface area (Å²) in [6.45, 7) is 0.548. The van der Waals surface area contributed by atoms with Crippen molar-refractivity contribution in [2.45, 2.75) is 51.2 Å². The Balaban J connectivity index is 1.83. The fourth-order valence-corrected chi connectivity index (χ4v) is 3.26. The minimum absolute atomic E-state index is 0.0302. The second-order valence-electron chi connectivity index (χ2n) is 6.12. The van der Waals surface area contributed by atoms with E-state index in [9.17, 15) is 14.4 Å². The third-order valence-corrected chi connectivity index (χ3v) is 4.43. The van der Waals surface area contributed by atoms with E-state index in [1.165, 1.54) is 0 Å². The predicted octanol–water partition coefficient (Wildman–Crippen LogP) is 1.86. The normalized spacial score (nSPS) is 17.3. The van der Waals surface area contributed by atoms with E-state index in [1.54, 1.807) is 9.13 Å². The van der Waals surface area contributed by atoms with Gasteiger partial charge in [0.1, 0.15) is 6.17 Å². The lowest BCUT2D eigenvalue weighted by Crippen LogP contribution is -2.33. The number of para-hydroxylation sites is 2. The summed E-state index contributed by atoms with van der Waals surface area (Å²) in [4.78, 5) is 34.9. The van der Waals surface area contributed by atoms with E-state index in [0.29, 0.717) is 25.8 Å². The number of carboxylic acid groups (broad SMARTS) is 1. The Kier molecular flexibility index (Phi) is 4.69. The molecule has 1 saturated heterocycles. The summed E-state index contributed by atoms with van der Waals surface area (Å²) in [6, 6.07) is 7.57. The number of carbonyl (C=O) groups excluding carboxylic acids is 1. The van der Waals surface area contributed by atoms with Crippen molar-refractivity contribution < 1.29 is 14.7 Å². The van der Waals surface area contributed by atoms with Crippen LogP contribution in [0.4, 0.5) is 0 Å². The molecule has 1 amide bonds. The molecule has 2 aromatic rings. The number of imidazole rings is 1. The molecular formula is C17H21N3O4. The summed E-state index contributed by atoms with van der Waals surface area (Å²) in [5.74, 6) is -0.821. The van der Waals surface area contributed by atoms with Crippen LogP contribution >= 0.6 is 0 Å². The number of aromatic nitrogens is 2. The molecule has 7 nitrogen and oxygen atoms in total. The Hall–Kier alpha value is -2.57. The lowest BCUT2D eigenvalue weighted by Gasteiger charge is -2.11. The van der Waals surface area contributed by atoms with Gasteiger partial charge in [-0.1, -0.05) is 18.6 Å². The second kappa shape index (κ2) is 6.90. The molecule has 0 bridgehead atoms. The first-order valence-electron chi connectivity index (χ1n) is 8.29. The lowest BCUT2D eigenvalue weighted by molar-refractivity contribution is -0.137. The number of amides is 1. The Labute approximate surface area is 138 Å². The molecule has 0 spiro atoms. The van der Waals surface area contributed by atoms with Gasteiger partial charge in [-0.3, -0.25) is 18.7 Å². The van der Waals surface area contributed by atoms with Crippen molar-refractivity contribution in [3.8, 4) is 0 Å². The molecule has 24 heavy (non-hydrogen) atoms. The van der Waals surface area contributed by atoms with Crippen molar-refractivity contribution >= 4 is 22.9 Å². The Bertz CT molecular complexity index is 821. The van der Waals surface area contributed by atoms with Gasteiger partial charge in [0, 0.05) is 19.4 Å². The average molecular weight is 331 g/mol. The number of unbranched alkanes of at least 4 members (excludes halogenated alkanes) is 2. The zero-order chi connectivity index (χ0) is 17.1. The van der Waals surface area contributed by atoms with Gasteiger partial charge < -0.3 is 10.4 Å². The molecule has 128 valence electrons. The Morgan fingerprint density at radius 1 is 1.17 bits per heavy atom. The number of aliphatic carboxylic acids is 1. The number of aryl methyl sites for hydroxylation is 1. The quantitative estimate of drug-likeness (QED) is 0.757. The van der Waals surface area contributed by atoms with Crippen LogP contribution in [0.3, 0.4) is 0 Å². The highest BCUT2D eigenvalue weighted by Crippen LogP contribution is 2.22. The minimum atomic E-state index is -0.791. The van der Waals surface area contributed by atoms with Gasteiger partial charge >= 0.3 is 11.7 Å². The number of nitrogens with zero attached hydrogens (tertiary/aromatic N) is 2. The molecule has 0 saturated carbocycles. The third kappa shape index (κ3) is 3.20. The number of nitrogens with one attached hydrogen (secondary N) is 1. The zero-order valence-corrected chi connectivity index (χ0v) is 13.4. The summed E-state index contributed by atoms with van der Waals surface area (Å²) in [7, 11) is 0. The highest BCUT2D eigenvalue weighted by atomic mass is 16.4. The maximum absolute atomic E-state index is 12.8. The van der Waals surface area contributed by atoms with Gasteiger partial charge in [0.05, 0.1) is 11.0 Å². The zero-order valence-electron chi connectivity index (χ0n) is 13.4. The highest BCUT2D eigenvalue weighted by molar-refractivity contribution is 5.80. The fraction of sp³-hybridized carbons (Fsp3) is 0.471. The number of carboxylic acids is 1. The van der Waals surface area contributed by atoms with Crippen molar-refractivity contribution in [3.05, 3.63) is 34.7 Å². The van der Waals surface area contributed by atoms with Crippen molar-refractivity contribution in [2.75, 3.05) is 0 Å². The fourth-order valence-electron chi connectivity index (χ4n) is 3.26. The molecule has 2 heterocycles. The number of hydrogen-bond acceptors (Lipinski definition) is 3. The maximum Gasteiger partial charge on any atom is 0.330 e. The summed E-state index contributed by atoms with van der Waals surface area (Å²) in [5, 5.41) is 11.5. The van der Waals surface area contributed by atoms with E-state index < -0.39 is 5.97 Å². The molecular weight excluding hydrogens is 310 g/mol. The molecule has 1 unspecified atom stereocenters. The van der Waals surface area contributed by atoms with Crippen LogP contribution in [0, 0.1) is 0 Å². The van der Waals surface area contributed by atoms with Crippen molar-refractivity contribution in [3.63, 3.8) is 0 Å². The topological polar surface area (TPSA) is 93.3 Å². The lowest BCUT2D eigenvalue weighted by atomic mass is 10.2. The smallest absolute Gasteiger partial charge is 0.330 e. The van der Waals surface area contributed by atoms with Gasteiger partial charge in [-0.05, 0) is 31.4 Å². The second-order valence-corrected chi connectivity index (χ2v) is 6.12. The van der Waals surface area contributed by atoms with Crippen molar-refractivity contribution in [1.82, 2.24) is 14.5 Å². The summed E-state index contributed by atoms with van der Waals surface area (Å²) in [5.41, 5.74) is 1.55. The monoisotopic (exact) mass is 331 g/mol. The van der Waals surface area contributed by atoms with Crippen LogP contribution in [-0.4, -0.2) is 26.1 Å². The van der Waals surface area contributed by atoms with Crippen LogP contribution in [-0.2, 0) is 16.1 Å². The van der Waals surface area contributed by atoms with Crippen LogP contribution < -0.4 is 11.0 Å². The molecule has 1 aliphatic rings. The van der Waals surface area contributed by atoms with E-state index in [2.05, 4.69) is 5.32 Å². The highest BCUT2D eigenvalue weighted by Gasteiger charge is 2.26. The summed E-state index contributed by atoms with van der Waals surface area (Å²) in [6.07, 6.45) is 3.04. The third-order valence-electron chi connectivity index (χ3n) is 4.43. The van der Waals surface area contributed by atoms with Crippen LogP contribution in [0.2, 0.25) is 0 Å². The van der Waals surface area contributed by atoms with E-state index in [1.807, 2.05) is 24.3 Å². The van der Waals surface area contributed by atoms with Gasteiger partial charge in [0.15, 0.2) is 0 Å². The van der Waals surface area contributed by atoms with E-state index >= 15 is 0 Å². The van der Waals surface area contributed by atoms with Crippen molar-refractivity contribution in [2.24, 2.45) is 0 Å². The molecule has 1 fully saturated rings. The summed E-state index contributed by atoms with van der Waals surface area (Å²) < 4.78 is 3.39. The maximum atomic E-state index is 12.8. The standard InChI is InChI=1S/C17H21N3O4/c21-15-10-9-14(18-15)20-13-7-4-3-6-12(13)19(17(20)24)11-5-1-2-8-16(22)23/h3-4,6-7,14H,1-2,5,8-11H2,(H,18,21)(H,22,23). The molecule has 1 atom stereocenters. The minimum Gasteiger partial charge on any atom is -0.481 e. The molecule has 1 aromatic heterocycles. The first-order valence-corrected chi connectivity index (χ1v) is 8.29. The largest absolute Gasteiger partial charge is 0.481 e. The first kappa shape index (κ1) is 16.3. The van der Waals surface area contributed by atoms with E-state index in [-0.39, 0.29) is 24.2 Å². The number of carbonyl (C=O) groups is 2. The van der Waals surface area contributed by atoms with Gasteiger partial charge in [-0.2, -0.15) is 0 Å². The van der Waals surface area contributed by atoms with Crippen molar-refractivity contribution in [1.29, 1.82) is 0 Å². The molecule has 7 heteroatoms. The molecule has 0 radical (unpaired) electrons. The molecule has 0 aliphatic carbocycles. The van der Waals surface area contributed by atoms with E-state index in [4.69, 9.17) is 5.11 Å².